The predicted octanol–water partition coefficient (Wildman–Crippen LogP) is 5.53. The van der Waals surface area contributed by atoms with Gasteiger partial charge in [0, 0.05) is 9.58 Å². The molecule has 2 aromatic carbocycles. The van der Waals surface area contributed by atoms with E-state index in [0.717, 1.165) is 15.8 Å². The molecule has 3 aromatic rings. The average Bonchev–Trinajstić information content (AvgIpc) is 2.93. The zero-order valence-corrected chi connectivity index (χ0v) is 12.1. The highest BCUT2D eigenvalue weighted by Crippen LogP contribution is 2.36. The fraction of sp³-hybridized carbons (Fsp3) is 0. The standard InChI is InChI=1S/C17H10ClNS/c18-17(14(11-19)12-6-2-1-3-7-12)16-10-13-8-4-5-9-15(13)20-16/h1-10H. The molecule has 0 unspecified atom stereocenters. The summed E-state index contributed by atoms with van der Waals surface area (Å²) in [6, 6.07) is 21.9. The summed E-state index contributed by atoms with van der Waals surface area (Å²) >= 11 is 8.05. The van der Waals surface area contributed by atoms with Crippen LogP contribution in [0.2, 0.25) is 0 Å². The Hall–Kier alpha value is -2.08. The van der Waals surface area contributed by atoms with Crippen LogP contribution in [0.4, 0.5) is 0 Å². The summed E-state index contributed by atoms with van der Waals surface area (Å²) in [5, 5.41) is 11.1. The predicted molar refractivity (Wildman–Crippen MR) is 86.5 cm³/mol. The minimum Gasteiger partial charge on any atom is -0.192 e. The van der Waals surface area contributed by atoms with Gasteiger partial charge < -0.3 is 0 Å². The second kappa shape index (κ2) is 5.50. The van der Waals surface area contributed by atoms with Crippen LogP contribution in [0.15, 0.2) is 60.7 Å². The number of hydrogen-bond acceptors (Lipinski definition) is 2. The van der Waals surface area contributed by atoms with Crippen molar-refractivity contribution < 1.29 is 0 Å². The summed E-state index contributed by atoms with van der Waals surface area (Å²) in [5.41, 5.74) is 1.36. The largest absolute Gasteiger partial charge is 0.192 e. The molecule has 0 spiro atoms. The van der Waals surface area contributed by atoms with Crippen molar-refractivity contribution in [2.45, 2.75) is 0 Å². The van der Waals surface area contributed by atoms with E-state index in [1.54, 1.807) is 11.3 Å². The van der Waals surface area contributed by atoms with Gasteiger partial charge >= 0.3 is 0 Å². The number of allylic oxidation sites excluding steroid dienone is 1. The molecule has 0 aliphatic rings. The summed E-state index contributed by atoms with van der Waals surface area (Å²) in [5.74, 6) is 0. The van der Waals surface area contributed by atoms with E-state index in [2.05, 4.69) is 12.1 Å². The molecular formula is C17H10ClNS. The highest BCUT2D eigenvalue weighted by molar-refractivity contribution is 7.20. The van der Waals surface area contributed by atoms with Crippen LogP contribution in [-0.4, -0.2) is 0 Å². The van der Waals surface area contributed by atoms with E-state index < -0.39 is 0 Å². The quantitative estimate of drug-likeness (QED) is 0.570. The van der Waals surface area contributed by atoms with E-state index in [1.165, 1.54) is 4.70 Å². The number of benzene rings is 2. The van der Waals surface area contributed by atoms with Crippen molar-refractivity contribution >= 4 is 43.6 Å². The average molecular weight is 296 g/mol. The first-order chi connectivity index (χ1) is 9.79. The molecule has 1 aromatic heterocycles. The Kier molecular flexibility index (Phi) is 3.56. The molecular weight excluding hydrogens is 286 g/mol. The molecule has 0 bridgehead atoms. The van der Waals surface area contributed by atoms with E-state index in [9.17, 15) is 5.26 Å². The van der Waals surface area contributed by atoms with Crippen LogP contribution in [0, 0.1) is 11.3 Å². The van der Waals surface area contributed by atoms with Crippen molar-refractivity contribution in [1.29, 1.82) is 5.26 Å². The number of hydrogen-bond donors (Lipinski definition) is 0. The van der Waals surface area contributed by atoms with Crippen LogP contribution in [0.25, 0.3) is 20.7 Å². The Morgan fingerprint density at radius 2 is 1.70 bits per heavy atom. The first-order valence-electron chi connectivity index (χ1n) is 6.14. The maximum Gasteiger partial charge on any atom is 0.101 e. The maximum absolute atomic E-state index is 9.40. The first-order valence-corrected chi connectivity index (χ1v) is 7.33. The summed E-state index contributed by atoms with van der Waals surface area (Å²) in [6.45, 7) is 0. The van der Waals surface area contributed by atoms with Crippen molar-refractivity contribution in [1.82, 2.24) is 0 Å². The number of thiophene rings is 1. The van der Waals surface area contributed by atoms with Gasteiger partial charge in [-0.25, -0.2) is 0 Å². The normalized spacial score (nSPS) is 12.0. The smallest absolute Gasteiger partial charge is 0.101 e. The molecule has 0 N–H and O–H groups in total. The lowest BCUT2D eigenvalue weighted by atomic mass is 10.1. The highest BCUT2D eigenvalue weighted by atomic mass is 35.5. The minimum absolute atomic E-state index is 0.513. The van der Waals surface area contributed by atoms with Crippen molar-refractivity contribution in [2.75, 3.05) is 0 Å². The molecule has 1 nitrogen and oxygen atoms in total. The van der Waals surface area contributed by atoms with Crippen molar-refractivity contribution in [2.24, 2.45) is 0 Å². The van der Waals surface area contributed by atoms with E-state index in [0.29, 0.717) is 10.6 Å². The van der Waals surface area contributed by atoms with Crippen LogP contribution in [0.5, 0.6) is 0 Å². The molecule has 0 aliphatic heterocycles. The van der Waals surface area contributed by atoms with Gasteiger partial charge in [0.2, 0.25) is 0 Å². The Morgan fingerprint density at radius 1 is 1.00 bits per heavy atom. The monoisotopic (exact) mass is 295 g/mol. The molecule has 0 aliphatic carbocycles. The third-order valence-electron chi connectivity index (χ3n) is 3.04. The van der Waals surface area contributed by atoms with Gasteiger partial charge in [-0.2, -0.15) is 5.26 Å². The van der Waals surface area contributed by atoms with Gasteiger partial charge in [0.1, 0.15) is 6.07 Å². The molecule has 20 heavy (non-hydrogen) atoms. The van der Waals surface area contributed by atoms with Crippen molar-refractivity contribution in [3.8, 4) is 6.07 Å². The lowest BCUT2D eigenvalue weighted by Crippen LogP contribution is -1.83. The van der Waals surface area contributed by atoms with Crippen LogP contribution in [-0.2, 0) is 0 Å². The molecule has 3 heteroatoms. The molecule has 0 saturated heterocycles. The number of halogens is 1. The SMILES string of the molecule is N#CC(=C(Cl)c1cc2ccccc2s1)c1ccccc1. The summed E-state index contributed by atoms with van der Waals surface area (Å²) in [6.07, 6.45) is 0. The van der Waals surface area contributed by atoms with E-state index in [1.807, 2.05) is 54.6 Å². The van der Waals surface area contributed by atoms with Gasteiger partial charge in [-0.3, -0.25) is 0 Å². The Bertz CT molecular complexity index is 792. The fourth-order valence-electron chi connectivity index (χ4n) is 2.06. The number of nitrogens with zero attached hydrogens (tertiary/aromatic N) is 1. The van der Waals surface area contributed by atoms with Gasteiger partial charge in [-0.1, -0.05) is 60.1 Å². The van der Waals surface area contributed by atoms with Gasteiger partial charge in [0.25, 0.3) is 0 Å². The minimum atomic E-state index is 0.513. The zero-order chi connectivity index (χ0) is 13.9. The molecule has 0 saturated carbocycles. The zero-order valence-electron chi connectivity index (χ0n) is 10.5. The Labute approximate surface area is 126 Å². The molecule has 0 radical (unpaired) electrons. The Balaban J connectivity index is 2.16. The van der Waals surface area contributed by atoms with E-state index in [4.69, 9.17) is 11.6 Å². The third kappa shape index (κ3) is 2.34. The molecule has 0 atom stereocenters. The van der Waals surface area contributed by atoms with Crippen LogP contribution in [0.3, 0.4) is 0 Å². The molecule has 1 heterocycles. The van der Waals surface area contributed by atoms with Crippen LogP contribution < -0.4 is 0 Å². The van der Waals surface area contributed by atoms with E-state index in [-0.39, 0.29) is 0 Å². The molecule has 3 rings (SSSR count). The first kappa shape index (κ1) is 12.9. The molecule has 0 fully saturated rings. The van der Waals surface area contributed by atoms with Gasteiger partial charge in [-0.05, 0) is 23.1 Å². The lowest BCUT2D eigenvalue weighted by molar-refractivity contribution is 1.52. The second-order valence-corrected chi connectivity index (χ2v) is 5.78. The van der Waals surface area contributed by atoms with E-state index >= 15 is 0 Å². The van der Waals surface area contributed by atoms with Crippen molar-refractivity contribution in [3.05, 3.63) is 71.1 Å². The van der Waals surface area contributed by atoms with Gasteiger partial charge in [0.05, 0.1) is 10.6 Å². The molecule has 96 valence electrons. The second-order valence-electron chi connectivity index (χ2n) is 4.32. The molecule has 0 amide bonds. The third-order valence-corrected chi connectivity index (χ3v) is 4.67. The number of rotatable bonds is 2. The topological polar surface area (TPSA) is 23.8 Å². The highest BCUT2D eigenvalue weighted by Gasteiger charge is 2.12. The summed E-state index contributed by atoms with van der Waals surface area (Å²) in [7, 11) is 0. The fourth-order valence-corrected chi connectivity index (χ4v) is 3.39. The summed E-state index contributed by atoms with van der Waals surface area (Å²) < 4.78 is 1.17. The van der Waals surface area contributed by atoms with Crippen LogP contribution in [0.1, 0.15) is 10.4 Å². The van der Waals surface area contributed by atoms with Gasteiger partial charge in [-0.15, -0.1) is 11.3 Å². The summed E-state index contributed by atoms with van der Waals surface area (Å²) in [4.78, 5) is 0.924. The Morgan fingerprint density at radius 3 is 2.40 bits per heavy atom. The van der Waals surface area contributed by atoms with Crippen molar-refractivity contribution in [3.63, 3.8) is 0 Å². The van der Waals surface area contributed by atoms with Gasteiger partial charge in [0.15, 0.2) is 0 Å². The number of fused-ring (bicyclic) bond motifs is 1. The maximum atomic E-state index is 9.40. The lowest BCUT2D eigenvalue weighted by Gasteiger charge is -2.01. The number of nitriles is 1. The van der Waals surface area contributed by atoms with Crippen LogP contribution >= 0.6 is 22.9 Å².